The highest BCUT2D eigenvalue weighted by Gasteiger charge is 2.24. The molecule has 0 unspecified atom stereocenters. The van der Waals surface area contributed by atoms with Gasteiger partial charge in [-0.05, 0) is 44.0 Å². The molecule has 0 radical (unpaired) electrons. The van der Waals surface area contributed by atoms with Gasteiger partial charge in [-0.25, -0.2) is 8.42 Å². The van der Waals surface area contributed by atoms with E-state index in [1.165, 1.54) is 45.6 Å². The maximum absolute atomic E-state index is 12.1. The van der Waals surface area contributed by atoms with Crippen LogP contribution in [-0.4, -0.2) is 76.8 Å². The van der Waals surface area contributed by atoms with Crippen molar-refractivity contribution in [2.45, 2.75) is 24.7 Å². The van der Waals surface area contributed by atoms with E-state index in [1.54, 1.807) is 13.0 Å². The van der Waals surface area contributed by atoms with E-state index in [0.29, 0.717) is 4.90 Å². The van der Waals surface area contributed by atoms with Crippen molar-refractivity contribution in [3.05, 3.63) is 24.3 Å². The molecule has 1 aromatic carbocycles. The first-order valence-corrected chi connectivity index (χ1v) is 11.1. The van der Waals surface area contributed by atoms with Gasteiger partial charge in [-0.3, -0.25) is 0 Å². The van der Waals surface area contributed by atoms with E-state index in [2.05, 4.69) is 21.7 Å². The van der Waals surface area contributed by atoms with Gasteiger partial charge in [0.2, 0.25) is 0 Å². The lowest BCUT2D eigenvalue weighted by Gasteiger charge is -2.38. The van der Waals surface area contributed by atoms with E-state index in [9.17, 15) is 8.42 Å². The number of piperidine rings is 1. The molecule has 0 aromatic heterocycles. The summed E-state index contributed by atoms with van der Waals surface area (Å²) in [5.74, 6) is 0.922. The number of hydrogen-bond donors (Lipinski definition) is 0. The Bertz CT molecular complexity index is 661. The number of nitrogens with zero attached hydrogens (tertiary/aromatic N) is 3. The molecule has 6 heteroatoms. The van der Waals surface area contributed by atoms with Crippen molar-refractivity contribution < 1.29 is 8.42 Å². The highest BCUT2D eigenvalue weighted by atomic mass is 32.2. The summed E-state index contributed by atoms with van der Waals surface area (Å²) in [4.78, 5) is 7.80. The third-order valence-electron chi connectivity index (χ3n) is 5.65. The van der Waals surface area contributed by atoms with Crippen LogP contribution in [0.5, 0.6) is 0 Å². The Morgan fingerprint density at radius 1 is 1.04 bits per heavy atom. The van der Waals surface area contributed by atoms with Gasteiger partial charge in [0.05, 0.1) is 10.6 Å². The molecule has 0 bridgehead atoms. The molecular weight excluding hydrogens is 334 g/mol. The number of benzene rings is 1. The number of hydrogen-bond acceptors (Lipinski definition) is 5. The highest BCUT2D eigenvalue weighted by Crippen LogP contribution is 2.26. The van der Waals surface area contributed by atoms with E-state index in [4.69, 9.17) is 0 Å². The average Bonchev–Trinajstić information content (AvgIpc) is 2.64. The summed E-state index contributed by atoms with van der Waals surface area (Å²) in [6, 6.07) is 7.46. The fourth-order valence-electron chi connectivity index (χ4n) is 3.81. The Labute approximate surface area is 152 Å². The van der Waals surface area contributed by atoms with Gasteiger partial charge < -0.3 is 14.7 Å². The van der Waals surface area contributed by atoms with E-state index in [0.717, 1.165) is 24.7 Å². The first-order valence-electron chi connectivity index (χ1n) is 9.46. The lowest BCUT2D eigenvalue weighted by Crippen LogP contribution is -2.47. The number of sulfone groups is 1. The predicted octanol–water partition coefficient (Wildman–Crippen LogP) is 1.94. The zero-order chi connectivity index (χ0) is 17.9. The quantitative estimate of drug-likeness (QED) is 0.798. The molecule has 0 N–H and O–H groups in total. The molecule has 0 spiro atoms. The van der Waals surface area contributed by atoms with Crippen molar-refractivity contribution in [1.82, 2.24) is 9.80 Å². The minimum Gasteiger partial charge on any atom is -0.371 e. The first-order chi connectivity index (χ1) is 12.0. The van der Waals surface area contributed by atoms with Crippen molar-refractivity contribution in [3.63, 3.8) is 0 Å². The number of likely N-dealkylation sites (N-methyl/N-ethyl adjacent to an activating group) is 1. The van der Waals surface area contributed by atoms with E-state index >= 15 is 0 Å². The number of piperazine rings is 1. The molecular formula is C19H31N3O2S. The van der Waals surface area contributed by atoms with Crippen LogP contribution in [0.1, 0.15) is 19.8 Å². The van der Waals surface area contributed by atoms with Gasteiger partial charge in [-0.15, -0.1) is 0 Å². The van der Waals surface area contributed by atoms with Crippen LogP contribution in [0.25, 0.3) is 0 Å². The number of rotatable bonds is 5. The third kappa shape index (κ3) is 4.74. The molecule has 5 nitrogen and oxygen atoms in total. The molecule has 0 amide bonds. The Hall–Kier alpha value is -1.11. The van der Waals surface area contributed by atoms with Crippen LogP contribution in [0.3, 0.4) is 0 Å². The molecule has 0 atom stereocenters. The van der Waals surface area contributed by atoms with Gasteiger partial charge in [0, 0.05) is 51.5 Å². The molecule has 3 rings (SSSR count). The summed E-state index contributed by atoms with van der Waals surface area (Å²) in [6.07, 6.45) is 2.38. The van der Waals surface area contributed by atoms with Crippen LogP contribution in [0.15, 0.2) is 29.2 Å². The van der Waals surface area contributed by atoms with Crippen molar-refractivity contribution in [2.24, 2.45) is 5.92 Å². The summed E-state index contributed by atoms with van der Waals surface area (Å²) in [5.41, 5.74) is 1.05. The first kappa shape index (κ1) is 18.7. The zero-order valence-electron chi connectivity index (χ0n) is 15.5. The predicted molar refractivity (Wildman–Crippen MR) is 103 cm³/mol. The van der Waals surface area contributed by atoms with Crippen LogP contribution >= 0.6 is 0 Å². The van der Waals surface area contributed by atoms with Crippen LogP contribution in [0.4, 0.5) is 5.69 Å². The summed E-state index contributed by atoms with van der Waals surface area (Å²) < 4.78 is 24.2. The molecule has 0 saturated carbocycles. The molecule has 2 fully saturated rings. The molecule has 2 heterocycles. The molecule has 0 aliphatic carbocycles. The van der Waals surface area contributed by atoms with Crippen molar-refractivity contribution in [2.75, 3.05) is 63.5 Å². The minimum atomic E-state index is -3.13. The van der Waals surface area contributed by atoms with Crippen molar-refractivity contribution in [1.29, 1.82) is 0 Å². The maximum atomic E-state index is 12.1. The summed E-state index contributed by atoms with van der Waals surface area (Å²) in [7, 11) is -0.934. The average molecular weight is 366 g/mol. The largest absolute Gasteiger partial charge is 0.371 e. The van der Waals surface area contributed by atoms with Gasteiger partial charge in [0.25, 0.3) is 0 Å². The molecule has 2 aliphatic rings. The molecule has 2 saturated heterocycles. The standard InChI is InChI=1S/C19H31N3O2S/c1-3-25(23,24)19-6-4-5-18(15-19)22-9-7-17(8-10-22)16-21-13-11-20(2)12-14-21/h4-6,15,17H,3,7-14,16H2,1-2H3. The summed E-state index contributed by atoms with van der Waals surface area (Å²) in [5, 5.41) is 0. The van der Waals surface area contributed by atoms with E-state index in [1.807, 2.05) is 18.2 Å². The van der Waals surface area contributed by atoms with Gasteiger partial charge in [0.15, 0.2) is 9.84 Å². The Morgan fingerprint density at radius 3 is 2.36 bits per heavy atom. The molecule has 2 aliphatic heterocycles. The fraction of sp³-hybridized carbons (Fsp3) is 0.684. The Kier molecular flexibility index (Phi) is 6.02. The minimum absolute atomic E-state index is 0.156. The lowest BCUT2D eigenvalue weighted by molar-refractivity contribution is 0.129. The molecule has 140 valence electrons. The molecule has 1 aromatic rings. The van der Waals surface area contributed by atoms with Gasteiger partial charge >= 0.3 is 0 Å². The third-order valence-corrected chi connectivity index (χ3v) is 7.38. The van der Waals surface area contributed by atoms with Gasteiger partial charge in [-0.1, -0.05) is 13.0 Å². The van der Waals surface area contributed by atoms with E-state index < -0.39 is 9.84 Å². The summed E-state index contributed by atoms with van der Waals surface area (Å²) in [6.45, 7) is 9.69. The normalized spacial score (nSPS) is 21.6. The molecule has 25 heavy (non-hydrogen) atoms. The number of anilines is 1. The Balaban J connectivity index is 1.55. The van der Waals surface area contributed by atoms with Crippen LogP contribution in [0.2, 0.25) is 0 Å². The Morgan fingerprint density at radius 2 is 1.72 bits per heavy atom. The zero-order valence-corrected chi connectivity index (χ0v) is 16.3. The van der Waals surface area contributed by atoms with Crippen molar-refractivity contribution in [3.8, 4) is 0 Å². The van der Waals surface area contributed by atoms with E-state index in [-0.39, 0.29) is 5.75 Å². The smallest absolute Gasteiger partial charge is 0.178 e. The van der Waals surface area contributed by atoms with Crippen LogP contribution < -0.4 is 4.90 Å². The second-order valence-electron chi connectivity index (χ2n) is 7.44. The topological polar surface area (TPSA) is 43.9 Å². The second kappa shape index (κ2) is 8.06. The monoisotopic (exact) mass is 365 g/mol. The van der Waals surface area contributed by atoms with Gasteiger partial charge in [0.1, 0.15) is 0 Å². The second-order valence-corrected chi connectivity index (χ2v) is 9.71. The fourth-order valence-corrected chi connectivity index (χ4v) is 4.73. The highest BCUT2D eigenvalue weighted by molar-refractivity contribution is 7.91. The van der Waals surface area contributed by atoms with Crippen molar-refractivity contribution >= 4 is 15.5 Å². The van der Waals surface area contributed by atoms with Crippen LogP contribution in [0, 0.1) is 5.92 Å². The van der Waals surface area contributed by atoms with Crippen LogP contribution in [-0.2, 0) is 9.84 Å². The SMILES string of the molecule is CCS(=O)(=O)c1cccc(N2CCC(CN3CCN(C)CC3)CC2)c1. The maximum Gasteiger partial charge on any atom is 0.178 e. The summed E-state index contributed by atoms with van der Waals surface area (Å²) >= 11 is 0. The lowest BCUT2D eigenvalue weighted by atomic mass is 9.95. The van der Waals surface area contributed by atoms with Gasteiger partial charge in [-0.2, -0.15) is 0 Å².